The molecule has 0 aliphatic heterocycles. The number of para-hydroxylation sites is 1. The van der Waals surface area contributed by atoms with Crippen molar-refractivity contribution in [1.29, 1.82) is 0 Å². The van der Waals surface area contributed by atoms with E-state index in [0.29, 0.717) is 0 Å². The Morgan fingerprint density at radius 2 is 1.75 bits per heavy atom. The Morgan fingerprint density at radius 3 is 2.17 bits per heavy atom. The van der Waals surface area contributed by atoms with Crippen LogP contribution < -0.4 is 28.2 Å². The van der Waals surface area contributed by atoms with Gasteiger partial charge >= 0.3 is 29.2 Å². The predicted octanol–water partition coefficient (Wildman–Crippen LogP) is -2.61. The summed E-state index contributed by atoms with van der Waals surface area (Å²) in [5, 5.41) is 4.62. The fourth-order valence-corrected chi connectivity index (χ4v) is 0.990. The van der Waals surface area contributed by atoms with Crippen LogP contribution in [0.4, 0.5) is 0 Å². The molecule has 0 amide bonds. The third-order valence-corrected chi connectivity index (χ3v) is 1.38. The van der Waals surface area contributed by atoms with Crippen LogP contribution in [0.1, 0.15) is 1.43 Å². The van der Waals surface area contributed by atoms with Crippen LogP contribution in [0.25, 0.3) is 0 Å². The normalized spacial score (nSPS) is 10.1. The van der Waals surface area contributed by atoms with E-state index < -0.39 is 10.3 Å². The summed E-state index contributed by atoms with van der Waals surface area (Å²) in [7, 11) is -3.88. The first-order valence-electron chi connectivity index (χ1n) is 2.85. The minimum absolute atomic E-state index is 0. The largest absolute Gasteiger partial charge is 1.00 e. The van der Waals surface area contributed by atoms with Gasteiger partial charge in [-0.2, -0.15) is 13.6 Å². The first-order chi connectivity index (χ1) is 5.08. The Balaban J connectivity index is 0. The molecule has 0 fully saturated rings. The van der Waals surface area contributed by atoms with E-state index in [9.17, 15) is 8.42 Å². The Bertz CT molecular complexity index is 329. The number of hydrogen-bond acceptors (Lipinski definition) is 3. The first kappa shape index (κ1) is 11.5. The molecular formula is C6H8LiNO3S. The van der Waals surface area contributed by atoms with Crippen molar-refractivity contribution < 1.29 is 32.9 Å². The Labute approximate surface area is 84.6 Å². The SMILES string of the molecule is NS(=O)(=O)Oc1ccccc1.[H-].[Li+]. The van der Waals surface area contributed by atoms with E-state index in [-0.39, 0.29) is 26.0 Å². The van der Waals surface area contributed by atoms with Crippen molar-refractivity contribution in [3.8, 4) is 5.75 Å². The van der Waals surface area contributed by atoms with Gasteiger partial charge in [0.15, 0.2) is 0 Å². The summed E-state index contributed by atoms with van der Waals surface area (Å²) < 4.78 is 25.1. The van der Waals surface area contributed by atoms with Gasteiger partial charge in [-0.3, -0.25) is 0 Å². The van der Waals surface area contributed by atoms with Gasteiger partial charge in [0, 0.05) is 0 Å². The molecule has 6 heteroatoms. The maximum Gasteiger partial charge on any atom is 1.00 e. The summed E-state index contributed by atoms with van der Waals surface area (Å²) >= 11 is 0. The maximum absolute atomic E-state index is 10.4. The van der Waals surface area contributed by atoms with Gasteiger partial charge in [-0.05, 0) is 12.1 Å². The van der Waals surface area contributed by atoms with E-state index in [0.717, 1.165) is 0 Å². The maximum atomic E-state index is 10.4. The standard InChI is InChI=1S/C6H7NO3S.Li.H/c7-11(8,9)10-6-4-2-1-3-5-6;;/h1-5H,(H2,7,8,9);;/q;+1;-1. The third-order valence-electron chi connectivity index (χ3n) is 0.956. The van der Waals surface area contributed by atoms with Gasteiger partial charge in [-0.15, -0.1) is 0 Å². The fourth-order valence-electron chi connectivity index (χ4n) is 0.610. The van der Waals surface area contributed by atoms with Crippen LogP contribution in [0.5, 0.6) is 5.75 Å². The van der Waals surface area contributed by atoms with Gasteiger partial charge in [0.05, 0.1) is 0 Å². The predicted molar refractivity (Wildman–Crippen MR) is 41.3 cm³/mol. The smallest absolute Gasteiger partial charge is 1.00 e. The summed E-state index contributed by atoms with van der Waals surface area (Å²) in [4.78, 5) is 0. The number of benzene rings is 1. The fraction of sp³-hybridized carbons (Fsp3) is 0. The minimum Gasteiger partial charge on any atom is -1.00 e. The molecule has 0 aromatic heterocycles. The average Bonchev–Trinajstić information content (AvgIpc) is 1.85. The molecule has 12 heavy (non-hydrogen) atoms. The second kappa shape index (κ2) is 4.53. The molecule has 62 valence electrons. The molecule has 0 saturated heterocycles. The number of rotatable bonds is 2. The number of hydrogen-bond donors (Lipinski definition) is 1. The van der Waals surface area contributed by atoms with Gasteiger partial charge in [0.25, 0.3) is 0 Å². The van der Waals surface area contributed by atoms with Crippen molar-refractivity contribution in [2.45, 2.75) is 0 Å². The zero-order chi connectivity index (χ0) is 8.32. The van der Waals surface area contributed by atoms with Crippen molar-refractivity contribution in [1.82, 2.24) is 0 Å². The molecule has 0 bridgehead atoms. The van der Waals surface area contributed by atoms with E-state index >= 15 is 0 Å². The first-order valence-corrected chi connectivity index (χ1v) is 4.32. The molecule has 1 aromatic carbocycles. The van der Waals surface area contributed by atoms with E-state index in [1.54, 1.807) is 18.2 Å². The monoisotopic (exact) mass is 181 g/mol. The van der Waals surface area contributed by atoms with Crippen LogP contribution in [0.3, 0.4) is 0 Å². The van der Waals surface area contributed by atoms with Crippen molar-refractivity contribution in [2.75, 3.05) is 0 Å². The summed E-state index contributed by atoms with van der Waals surface area (Å²) in [5.41, 5.74) is 0. The van der Waals surface area contributed by atoms with Crippen LogP contribution in [0.2, 0.25) is 0 Å². The van der Waals surface area contributed by atoms with Crippen molar-refractivity contribution in [2.24, 2.45) is 5.14 Å². The molecule has 0 spiro atoms. The van der Waals surface area contributed by atoms with Crippen LogP contribution in [0.15, 0.2) is 30.3 Å². The minimum atomic E-state index is -3.88. The van der Waals surface area contributed by atoms with Crippen LogP contribution >= 0.6 is 0 Å². The molecular weight excluding hydrogens is 173 g/mol. The molecule has 0 unspecified atom stereocenters. The molecule has 2 N–H and O–H groups in total. The molecule has 1 rings (SSSR count). The van der Waals surface area contributed by atoms with Crippen LogP contribution in [0, 0.1) is 0 Å². The Hall–Kier alpha value is -0.473. The van der Waals surface area contributed by atoms with Crippen molar-refractivity contribution >= 4 is 10.3 Å². The van der Waals surface area contributed by atoms with E-state index in [1.165, 1.54) is 12.1 Å². The van der Waals surface area contributed by atoms with Crippen LogP contribution in [-0.2, 0) is 10.3 Å². The molecule has 0 saturated carbocycles. The molecule has 0 aliphatic rings. The summed E-state index contributed by atoms with van der Waals surface area (Å²) in [6, 6.07) is 8.06. The topological polar surface area (TPSA) is 69.4 Å². The van der Waals surface area contributed by atoms with Crippen molar-refractivity contribution in [3.05, 3.63) is 30.3 Å². The van der Waals surface area contributed by atoms with E-state index in [2.05, 4.69) is 9.32 Å². The van der Waals surface area contributed by atoms with Gasteiger partial charge in [0.1, 0.15) is 5.75 Å². The van der Waals surface area contributed by atoms with Gasteiger partial charge < -0.3 is 5.61 Å². The quantitative estimate of drug-likeness (QED) is 0.508. The zero-order valence-corrected chi connectivity index (χ0v) is 7.41. The van der Waals surface area contributed by atoms with E-state index in [4.69, 9.17) is 0 Å². The molecule has 0 atom stereocenters. The summed E-state index contributed by atoms with van der Waals surface area (Å²) in [6.07, 6.45) is 0. The molecule has 1 aromatic rings. The van der Waals surface area contributed by atoms with Gasteiger partial charge in [-0.25, -0.2) is 0 Å². The third kappa shape index (κ3) is 4.41. The summed E-state index contributed by atoms with van der Waals surface area (Å²) in [5.74, 6) is 0.218. The molecule has 0 heterocycles. The van der Waals surface area contributed by atoms with E-state index in [1.807, 2.05) is 0 Å². The molecule has 0 radical (unpaired) electrons. The second-order valence-corrected chi connectivity index (χ2v) is 3.04. The average molecular weight is 181 g/mol. The van der Waals surface area contributed by atoms with Crippen LogP contribution in [-0.4, -0.2) is 8.42 Å². The molecule has 4 nitrogen and oxygen atoms in total. The summed E-state index contributed by atoms with van der Waals surface area (Å²) in [6.45, 7) is 0. The Kier molecular flexibility index (Phi) is 4.35. The van der Waals surface area contributed by atoms with Crippen molar-refractivity contribution in [3.63, 3.8) is 0 Å². The second-order valence-electron chi connectivity index (χ2n) is 1.89. The number of nitrogens with two attached hydrogens (primary N) is 1. The van der Waals surface area contributed by atoms with Gasteiger partial charge in [0.2, 0.25) is 0 Å². The zero-order valence-electron chi connectivity index (χ0n) is 7.60. The Morgan fingerprint density at radius 1 is 1.25 bits per heavy atom. The van der Waals surface area contributed by atoms with Gasteiger partial charge in [-0.1, -0.05) is 18.2 Å². The molecule has 0 aliphatic carbocycles.